The number of H-pyrrole nitrogens is 2. The molecule has 0 unspecified atom stereocenters. The molecule has 0 aliphatic heterocycles. The third-order valence-corrected chi connectivity index (χ3v) is 1.72. The lowest BCUT2D eigenvalue weighted by Crippen LogP contribution is -2.22. The van der Waals surface area contributed by atoms with Gasteiger partial charge in [0, 0.05) is 17.5 Å². The number of halogens is 1. The van der Waals surface area contributed by atoms with Crippen molar-refractivity contribution in [2.75, 3.05) is 6.26 Å². The van der Waals surface area contributed by atoms with Gasteiger partial charge in [-0.1, -0.05) is 0 Å². The maximum Gasteiger partial charge on any atom is 0.325 e. The van der Waals surface area contributed by atoms with Crippen molar-refractivity contribution in [3.63, 3.8) is 0 Å². The number of hydrogen-bond donors (Lipinski definition) is 2. The van der Waals surface area contributed by atoms with Crippen molar-refractivity contribution in [1.29, 1.82) is 0 Å². The van der Waals surface area contributed by atoms with E-state index >= 15 is 0 Å². The van der Waals surface area contributed by atoms with Gasteiger partial charge in [0.25, 0.3) is 5.56 Å². The van der Waals surface area contributed by atoms with Crippen LogP contribution in [0.3, 0.4) is 0 Å². The average molecular weight is 209 g/mol. The number of rotatable bonds is 2. The van der Waals surface area contributed by atoms with Crippen LogP contribution < -0.4 is 11.2 Å². The van der Waals surface area contributed by atoms with E-state index < -0.39 is 5.69 Å². The number of aromatic amines is 2. The predicted molar refractivity (Wildman–Crippen MR) is 52.2 cm³/mol. The first-order chi connectivity index (χ1) is 5.22. The fraction of sp³-hybridized carbons (Fsp3) is 0.333. The minimum Gasteiger partial charge on any atom is -0.310 e. The highest BCUT2D eigenvalue weighted by Crippen LogP contribution is 2.00. The van der Waals surface area contributed by atoms with Crippen molar-refractivity contribution in [1.82, 2.24) is 9.97 Å². The van der Waals surface area contributed by atoms with Gasteiger partial charge in [-0.05, 0) is 6.26 Å². The molecule has 0 radical (unpaired) electrons. The van der Waals surface area contributed by atoms with Crippen LogP contribution in [0.25, 0.3) is 0 Å². The molecular weight excluding hydrogens is 200 g/mol. The second kappa shape index (κ2) is 5.05. The summed E-state index contributed by atoms with van der Waals surface area (Å²) in [5.41, 5.74) is -0.134. The van der Waals surface area contributed by atoms with E-state index in [0.29, 0.717) is 11.4 Å². The van der Waals surface area contributed by atoms with Crippen molar-refractivity contribution in [3.05, 3.63) is 32.6 Å². The van der Waals surface area contributed by atoms with E-state index in [1.807, 2.05) is 6.26 Å². The summed E-state index contributed by atoms with van der Waals surface area (Å²) in [5, 5.41) is 0. The van der Waals surface area contributed by atoms with Crippen molar-refractivity contribution >= 4 is 24.2 Å². The number of thioether (sulfide) groups is 1. The van der Waals surface area contributed by atoms with E-state index in [9.17, 15) is 9.59 Å². The molecule has 2 N–H and O–H groups in total. The molecular formula is C6H9ClN2O2S. The predicted octanol–water partition coefficient (Wildman–Crippen LogP) is 0.348. The zero-order valence-corrected chi connectivity index (χ0v) is 8.05. The highest BCUT2D eigenvalue weighted by molar-refractivity contribution is 7.97. The molecule has 6 heteroatoms. The van der Waals surface area contributed by atoms with Crippen molar-refractivity contribution in [2.45, 2.75) is 5.75 Å². The molecule has 12 heavy (non-hydrogen) atoms. The molecule has 0 spiro atoms. The highest BCUT2D eigenvalue weighted by atomic mass is 35.5. The maximum absolute atomic E-state index is 10.7. The van der Waals surface area contributed by atoms with Gasteiger partial charge in [-0.3, -0.25) is 9.78 Å². The van der Waals surface area contributed by atoms with Crippen LogP contribution >= 0.6 is 24.2 Å². The zero-order chi connectivity index (χ0) is 8.27. The summed E-state index contributed by atoms with van der Waals surface area (Å²) >= 11 is 1.55. The second-order valence-electron chi connectivity index (χ2n) is 2.05. The first-order valence-corrected chi connectivity index (χ1v) is 4.43. The zero-order valence-electron chi connectivity index (χ0n) is 6.42. The van der Waals surface area contributed by atoms with Crippen LogP contribution in [-0.4, -0.2) is 16.2 Å². The maximum atomic E-state index is 10.7. The van der Waals surface area contributed by atoms with E-state index in [1.165, 1.54) is 6.07 Å². The van der Waals surface area contributed by atoms with Crippen LogP contribution in [0.2, 0.25) is 0 Å². The molecule has 1 aromatic heterocycles. The largest absolute Gasteiger partial charge is 0.325 e. The van der Waals surface area contributed by atoms with E-state index in [4.69, 9.17) is 0 Å². The smallest absolute Gasteiger partial charge is 0.310 e. The molecule has 0 amide bonds. The number of aromatic nitrogens is 2. The minimum atomic E-state index is -0.443. The molecule has 0 aromatic carbocycles. The van der Waals surface area contributed by atoms with Gasteiger partial charge in [-0.15, -0.1) is 12.4 Å². The van der Waals surface area contributed by atoms with Crippen LogP contribution in [0.4, 0.5) is 0 Å². The normalized spacial score (nSPS) is 9.08. The van der Waals surface area contributed by atoms with E-state index in [2.05, 4.69) is 9.97 Å². The van der Waals surface area contributed by atoms with Crippen LogP contribution in [0.1, 0.15) is 5.69 Å². The van der Waals surface area contributed by atoms with Gasteiger partial charge in [-0.25, -0.2) is 4.79 Å². The monoisotopic (exact) mass is 208 g/mol. The first-order valence-electron chi connectivity index (χ1n) is 3.04. The summed E-state index contributed by atoms with van der Waals surface area (Å²) in [6.45, 7) is 0. The van der Waals surface area contributed by atoms with Gasteiger partial charge < -0.3 is 4.98 Å². The standard InChI is InChI=1S/C6H8N2O2S.ClH/c1-11-3-4-2-5(9)8-6(10)7-4;/h2H,3H2,1H3,(H2,7,8,9,10);1H. The molecule has 0 saturated carbocycles. The molecule has 1 heterocycles. The van der Waals surface area contributed by atoms with Gasteiger partial charge in [-0.2, -0.15) is 11.8 Å². The lowest BCUT2D eigenvalue weighted by molar-refractivity contribution is 0.987. The van der Waals surface area contributed by atoms with Crippen LogP contribution in [0, 0.1) is 0 Å². The molecule has 1 aromatic rings. The van der Waals surface area contributed by atoms with Gasteiger partial charge >= 0.3 is 5.69 Å². The third-order valence-electron chi connectivity index (χ3n) is 1.12. The van der Waals surface area contributed by atoms with Crippen molar-refractivity contribution in [2.24, 2.45) is 0 Å². The molecule has 4 nitrogen and oxygen atoms in total. The lowest BCUT2D eigenvalue weighted by atomic mass is 10.5. The molecule has 1 rings (SSSR count). The van der Waals surface area contributed by atoms with Gasteiger partial charge in [0.05, 0.1) is 0 Å². The Labute approximate surface area is 79.2 Å². The molecule has 0 fully saturated rings. The van der Waals surface area contributed by atoms with E-state index in [1.54, 1.807) is 11.8 Å². The Morgan fingerprint density at radius 1 is 1.42 bits per heavy atom. The van der Waals surface area contributed by atoms with Gasteiger partial charge in [0.1, 0.15) is 0 Å². The summed E-state index contributed by atoms with van der Waals surface area (Å²) in [4.78, 5) is 26.0. The SMILES string of the molecule is CSCc1cc(=O)[nH]c(=O)[nH]1.Cl. The second-order valence-corrected chi connectivity index (χ2v) is 2.91. The quantitative estimate of drug-likeness (QED) is 0.737. The molecule has 0 atom stereocenters. The Hall–Kier alpha value is -0.680. The summed E-state index contributed by atoms with van der Waals surface area (Å²) in [7, 11) is 0. The van der Waals surface area contributed by atoms with E-state index in [-0.39, 0.29) is 18.0 Å². The Bertz CT molecular complexity index is 318. The molecule has 0 aliphatic rings. The molecule has 0 saturated heterocycles. The topological polar surface area (TPSA) is 65.7 Å². The van der Waals surface area contributed by atoms with Gasteiger partial charge in [0.15, 0.2) is 0 Å². The molecule has 0 aliphatic carbocycles. The number of nitrogens with one attached hydrogen (secondary N) is 2. The van der Waals surface area contributed by atoms with Crippen LogP contribution in [-0.2, 0) is 5.75 Å². The Morgan fingerprint density at radius 2 is 2.08 bits per heavy atom. The summed E-state index contributed by atoms with van der Waals surface area (Å²) in [6.07, 6.45) is 1.90. The van der Waals surface area contributed by atoms with Crippen LogP contribution in [0.5, 0.6) is 0 Å². The average Bonchev–Trinajstić information content (AvgIpc) is 1.85. The fourth-order valence-electron chi connectivity index (χ4n) is 0.753. The summed E-state index contributed by atoms with van der Waals surface area (Å²) in [6, 6.07) is 1.39. The number of hydrogen-bond acceptors (Lipinski definition) is 3. The summed E-state index contributed by atoms with van der Waals surface area (Å²) < 4.78 is 0. The first kappa shape index (κ1) is 11.3. The highest BCUT2D eigenvalue weighted by Gasteiger charge is 1.93. The Balaban J connectivity index is 0.00000121. The van der Waals surface area contributed by atoms with Crippen molar-refractivity contribution in [3.8, 4) is 0 Å². The third kappa shape index (κ3) is 3.15. The van der Waals surface area contributed by atoms with Crippen LogP contribution in [0.15, 0.2) is 15.7 Å². The lowest BCUT2D eigenvalue weighted by Gasteiger charge is -1.94. The summed E-state index contributed by atoms with van der Waals surface area (Å²) in [5.74, 6) is 0.652. The minimum absolute atomic E-state index is 0. The van der Waals surface area contributed by atoms with E-state index in [0.717, 1.165) is 0 Å². The van der Waals surface area contributed by atoms with Gasteiger partial charge in [0.2, 0.25) is 0 Å². The Kier molecular flexibility index (Phi) is 4.77. The fourth-order valence-corrected chi connectivity index (χ4v) is 1.22. The molecule has 0 bridgehead atoms. The van der Waals surface area contributed by atoms with Crippen molar-refractivity contribution < 1.29 is 0 Å². The molecule has 68 valence electrons. The Morgan fingerprint density at radius 3 is 2.58 bits per heavy atom.